The van der Waals surface area contributed by atoms with E-state index in [9.17, 15) is 9.59 Å². The van der Waals surface area contributed by atoms with E-state index >= 15 is 0 Å². The minimum atomic E-state index is -0.258. The molecular formula is C27H28N2O3S. The van der Waals surface area contributed by atoms with Crippen LogP contribution >= 0.6 is 11.8 Å². The van der Waals surface area contributed by atoms with Gasteiger partial charge in [-0.25, -0.2) is 0 Å². The number of nitrogens with zero attached hydrogens (tertiary/aromatic N) is 2. The summed E-state index contributed by atoms with van der Waals surface area (Å²) >= 11 is 0.993. The molecule has 33 heavy (non-hydrogen) atoms. The topological polar surface area (TPSA) is 51.5 Å². The Morgan fingerprint density at radius 3 is 2.39 bits per heavy atom. The molecule has 6 heteroatoms. The van der Waals surface area contributed by atoms with Crippen LogP contribution in [0.5, 0.6) is 5.75 Å². The first-order chi connectivity index (χ1) is 15.9. The number of carbonyl (C=O) groups excluding carboxylic acids is 2. The van der Waals surface area contributed by atoms with Crippen LogP contribution in [-0.4, -0.2) is 33.8 Å². The number of thioether (sulfide) groups is 1. The van der Waals surface area contributed by atoms with Crippen LogP contribution in [0.1, 0.15) is 28.1 Å². The number of benzene rings is 2. The molecule has 0 spiro atoms. The van der Waals surface area contributed by atoms with E-state index in [1.54, 1.807) is 0 Å². The third-order valence-electron chi connectivity index (χ3n) is 5.84. The van der Waals surface area contributed by atoms with Crippen molar-refractivity contribution in [1.29, 1.82) is 0 Å². The number of aryl methyl sites for hydroxylation is 3. The molecule has 3 aromatic rings. The van der Waals surface area contributed by atoms with Gasteiger partial charge in [0.05, 0.1) is 11.4 Å². The van der Waals surface area contributed by atoms with Crippen LogP contribution < -0.4 is 4.74 Å². The largest absolute Gasteiger partial charge is 0.492 e. The Morgan fingerprint density at radius 1 is 0.939 bits per heavy atom. The van der Waals surface area contributed by atoms with Gasteiger partial charge < -0.3 is 9.30 Å². The quantitative estimate of drug-likeness (QED) is 0.400. The lowest BCUT2D eigenvalue weighted by molar-refractivity contribution is -0.123. The SMILES string of the molecule is Cc1ccc(OCCN2C(=O)S/C(=C\c3cc(C)n(CCc4ccccc4)c3C)C2=O)cc1. The Kier molecular flexibility index (Phi) is 7.04. The predicted molar refractivity (Wildman–Crippen MR) is 133 cm³/mol. The molecule has 0 saturated carbocycles. The highest BCUT2D eigenvalue weighted by Gasteiger charge is 2.35. The molecule has 0 bridgehead atoms. The standard InChI is InChI=1S/C27H28N2O3S/c1-19-9-11-24(12-10-19)32-16-15-29-26(30)25(33-27(29)31)18-23-17-20(2)28(21(23)3)14-13-22-7-5-4-6-8-22/h4-12,17-18H,13-16H2,1-3H3/b25-18-. The van der Waals surface area contributed by atoms with E-state index in [0.29, 0.717) is 4.91 Å². The normalized spacial score (nSPS) is 15.0. The Labute approximate surface area is 199 Å². The highest BCUT2D eigenvalue weighted by atomic mass is 32.2. The van der Waals surface area contributed by atoms with Gasteiger partial charge in [0.15, 0.2) is 0 Å². The number of aromatic nitrogens is 1. The molecule has 1 saturated heterocycles. The van der Waals surface area contributed by atoms with E-state index in [1.165, 1.54) is 10.5 Å². The molecule has 2 amide bonds. The number of ether oxygens (including phenoxy) is 1. The zero-order chi connectivity index (χ0) is 23.4. The van der Waals surface area contributed by atoms with Crippen molar-refractivity contribution < 1.29 is 14.3 Å². The molecule has 4 rings (SSSR count). The van der Waals surface area contributed by atoms with Gasteiger partial charge in [-0.15, -0.1) is 0 Å². The van der Waals surface area contributed by atoms with Crippen molar-refractivity contribution in [2.45, 2.75) is 33.7 Å². The average molecular weight is 461 g/mol. The highest BCUT2D eigenvalue weighted by molar-refractivity contribution is 8.18. The lowest BCUT2D eigenvalue weighted by atomic mass is 10.1. The van der Waals surface area contributed by atoms with Crippen LogP contribution in [-0.2, 0) is 17.8 Å². The van der Waals surface area contributed by atoms with Crippen molar-refractivity contribution in [2.75, 3.05) is 13.2 Å². The van der Waals surface area contributed by atoms with Gasteiger partial charge in [0.1, 0.15) is 12.4 Å². The third-order valence-corrected chi connectivity index (χ3v) is 6.75. The van der Waals surface area contributed by atoms with Crippen LogP contribution in [0.25, 0.3) is 6.08 Å². The first-order valence-electron chi connectivity index (χ1n) is 11.1. The third kappa shape index (κ3) is 5.40. The van der Waals surface area contributed by atoms with Crippen molar-refractivity contribution >= 4 is 29.0 Å². The lowest BCUT2D eigenvalue weighted by Gasteiger charge is -2.13. The van der Waals surface area contributed by atoms with Crippen LogP contribution in [0, 0.1) is 20.8 Å². The van der Waals surface area contributed by atoms with Gasteiger partial charge in [0, 0.05) is 17.9 Å². The maximum Gasteiger partial charge on any atom is 0.293 e. The second-order valence-corrected chi connectivity index (χ2v) is 9.20. The molecule has 0 radical (unpaired) electrons. The minimum absolute atomic E-state index is 0.228. The Morgan fingerprint density at radius 2 is 1.67 bits per heavy atom. The first kappa shape index (κ1) is 22.9. The van der Waals surface area contributed by atoms with Crippen molar-refractivity contribution in [1.82, 2.24) is 9.47 Å². The van der Waals surface area contributed by atoms with E-state index in [0.717, 1.165) is 53.0 Å². The number of rotatable bonds is 8. The monoisotopic (exact) mass is 460 g/mol. The van der Waals surface area contributed by atoms with Crippen LogP contribution in [0.4, 0.5) is 4.79 Å². The molecule has 1 aliphatic heterocycles. The van der Waals surface area contributed by atoms with Gasteiger partial charge in [0.2, 0.25) is 0 Å². The van der Waals surface area contributed by atoms with Gasteiger partial charge in [-0.2, -0.15) is 0 Å². The summed E-state index contributed by atoms with van der Waals surface area (Å²) in [5.41, 5.74) is 5.65. The maximum absolute atomic E-state index is 12.9. The lowest BCUT2D eigenvalue weighted by Crippen LogP contribution is -2.32. The summed E-state index contributed by atoms with van der Waals surface area (Å²) in [6, 6.07) is 20.2. The molecule has 0 aliphatic carbocycles. The number of hydrogen-bond acceptors (Lipinski definition) is 4. The highest BCUT2D eigenvalue weighted by Crippen LogP contribution is 2.33. The van der Waals surface area contributed by atoms with E-state index in [-0.39, 0.29) is 24.3 Å². The van der Waals surface area contributed by atoms with E-state index in [4.69, 9.17) is 4.74 Å². The average Bonchev–Trinajstić information content (AvgIpc) is 3.23. The number of amides is 2. The fourth-order valence-corrected chi connectivity index (χ4v) is 4.78. The van der Waals surface area contributed by atoms with Gasteiger partial charge >= 0.3 is 0 Å². The predicted octanol–water partition coefficient (Wildman–Crippen LogP) is 5.77. The molecular weight excluding hydrogens is 432 g/mol. The molecule has 2 aromatic carbocycles. The first-order valence-corrected chi connectivity index (χ1v) is 11.9. The molecule has 1 aromatic heterocycles. The van der Waals surface area contributed by atoms with E-state index in [2.05, 4.69) is 48.7 Å². The molecule has 2 heterocycles. The summed E-state index contributed by atoms with van der Waals surface area (Å²) < 4.78 is 7.96. The zero-order valence-electron chi connectivity index (χ0n) is 19.2. The minimum Gasteiger partial charge on any atom is -0.492 e. The van der Waals surface area contributed by atoms with Crippen molar-refractivity contribution in [3.8, 4) is 5.75 Å². The fourth-order valence-electron chi connectivity index (χ4n) is 3.93. The van der Waals surface area contributed by atoms with Crippen LogP contribution in [0.15, 0.2) is 65.6 Å². The van der Waals surface area contributed by atoms with E-state index in [1.807, 2.05) is 43.3 Å². The molecule has 0 N–H and O–H groups in total. The molecule has 0 unspecified atom stereocenters. The smallest absolute Gasteiger partial charge is 0.293 e. The molecule has 1 aliphatic rings. The van der Waals surface area contributed by atoms with Gasteiger partial charge in [0.25, 0.3) is 11.1 Å². The second kappa shape index (κ2) is 10.1. The summed E-state index contributed by atoms with van der Waals surface area (Å²) in [6.07, 6.45) is 2.78. The van der Waals surface area contributed by atoms with Crippen molar-refractivity contribution in [3.63, 3.8) is 0 Å². The van der Waals surface area contributed by atoms with Crippen LogP contribution in [0.2, 0.25) is 0 Å². The van der Waals surface area contributed by atoms with Gasteiger partial charge in [-0.1, -0.05) is 48.0 Å². The zero-order valence-corrected chi connectivity index (χ0v) is 20.0. The number of imide groups is 1. The summed E-state index contributed by atoms with van der Waals surface area (Å²) in [6.45, 7) is 7.51. The van der Waals surface area contributed by atoms with Crippen molar-refractivity contribution in [3.05, 3.63) is 93.6 Å². The van der Waals surface area contributed by atoms with Crippen LogP contribution in [0.3, 0.4) is 0 Å². The van der Waals surface area contributed by atoms with Gasteiger partial charge in [-0.05, 0) is 74.4 Å². The Bertz CT molecular complexity index is 1180. The number of carbonyl (C=O) groups is 2. The summed E-state index contributed by atoms with van der Waals surface area (Å²) in [4.78, 5) is 27.1. The molecule has 170 valence electrons. The molecule has 5 nitrogen and oxygen atoms in total. The maximum atomic E-state index is 12.9. The van der Waals surface area contributed by atoms with Crippen molar-refractivity contribution in [2.24, 2.45) is 0 Å². The second-order valence-electron chi connectivity index (χ2n) is 8.21. The Balaban J connectivity index is 1.41. The Hall–Kier alpha value is -3.25. The molecule has 1 fully saturated rings. The number of hydrogen-bond donors (Lipinski definition) is 0. The molecule has 0 atom stereocenters. The van der Waals surface area contributed by atoms with Gasteiger partial charge in [-0.3, -0.25) is 14.5 Å². The summed E-state index contributed by atoms with van der Waals surface area (Å²) in [5.74, 6) is 0.470. The summed E-state index contributed by atoms with van der Waals surface area (Å²) in [7, 11) is 0. The fraction of sp³-hybridized carbons (Fsp3) is 0.259. The summed E-state index contributed by atoms with van der Waals surface area (Å²) in [5, 5.41) is -0.253. The van der Waals surface area contributed by atoms with E-state index < -0.39 is 0 Å².